The average Bonchev–Trinajstić information content (AvgIpc) is 2.98. The maximum atomic E-state index is 12.8. The molecule has 5 aromatic rings. The molecule has 1 heterocycles. The second-order valence-electron chi connectivity index (χ2n) is 12.5. The third-order valence-electron chi connectivity index (χ3n) is 8.33. The van der Waals surface area contributed by atoms with Crippen LogP contribution in [-0.2, 0) is 30.0 Å². The topological polar surface area (TPSA) is 101 Å². The molecule has 0 bridgehead atoms. The molecule has 0 saturated carbocycles. The Bertz CT molecular complexity index is 2140. The lowest BCUT2D eigenvalue weighted by Crippen LogP contribution is -2.28. The molecule has 0 fully saturated rings. The molecule has 0 radical (unpaired) electrons. The summed E-state index contributed by atoms with van der Waals surface area (Å²) in [7, 11) is -6.78. The normalized spacial score (nSPS) is 13.3. The van der Waals surface area contributed by atoms with Gasteiger partial charge in [0.1, 0.15) is 0 Å². The fraction of sp³-hybridized carbons (Fsp3) is 0.216. The summed E-state index contributed by atoms with van der Waals surface area (Å²) in [5.41, 5.74) is 6.40. The number of hydrogen-bond donors (Lipinski definition) is 1. The van der Waals surface area contributed by atoms with Crippen LogP contribution in [0.25, 0.3) is 33.7 Å². The van der Waals surface area contributed by atoms with Crippen molar-refractivity contribution in [2.24, 2.45) is 0 Å². The molecule has 0 aliphatic heterocycles. The van der Waals surface area contributed by atoms with Gasteiger partial charge in [0.05, 0.1) is 20.8 Å². The Morgan fingerprint density at radius 1 is 0.733 bits per heavy atom. The smallest absolute Gasteiger partial charge is 0.175 e. The Morgan fingerprint density at radius 3 is 1.93 bits per heavy atom. The van der Waals surface area contributed by atoms with Crippen molar-refractivity contribution in [2.75, 3.05) is 12.5 Å². The Labute approximate surface area is 266 Å². The van der Waals surface area contributed by atoms with Crippen molar-refractivity contribution in [3.05, 3.63) is 131 Å². The highest BCUT2D eigenvalue weighted by molar-refractivity contribution is 7.91. The largest absolute Gasteiger partial charge is 0.386 e. The molecule has 4 aromatic carbocycles. The van der Waals surface area contributed by atoms with Gasteiger partial charge < -0.3 is 5.11 Å². The molecule has 5 rings (SSSR count). The van der Waals surface area contributed by atoms with Crippen LogP contribution in [0.5, 0.6) is 0 Å². The van der Waals surface area contributed by atoms with E-state index in [1.807, 2.05) is 78.9 Å². The van der Waals surface area contributed by atoms with E-state index in [-0.39, 0.29) is 4.90 Å². The fourth-order valence-corrected chi connectivity index (χ4v) is 6.39. The van der Waals surface area contributed by atoms with Gasteiger partial charge in [0.25, 0.3) is 0 Å². The third-order valence-corrected chi connectivity index (χ3v) is 11.5. The van der Waals surface area contributed by atoms with Gasteiger partial charge in [-0.15, -0.1) is 0 Å². The molecule has 1 N–H and O–H groups in total. The Kier molecular flexibility index (Phi) is 8.38. The van der Waals surface area contributed by atoms with E-state index in [1.54, 1.807) is 58.2 Å². The predicted molar refractivity (Wildman–Crippen MR) is 183 cm³/mol. The Balaban J connectivity index is 1.69. The number of aromatic nitrogens is 1. The summed E-state index contributed by atoms with van der Waals surface area (Å²) >= 11 is 0. The zero-order chi connectivity index (χ0) is 32.8. The van der Waals surface area contributed by atoms with E-state index in [2.05, 4.69) is 4.98 Å². The number of aliphatic hydroxyl groups is 1. The number of hydrogen-bond acceptors (Lipinski definition) is 6. The van der Waals surface area contributed by atoms with E-state index in [9.17, 15) is 21.9 Å². The number of pyridine rings is 1. The first-order valence-corrected chi connectivity index (χ1v) is 18.3. The van der Waals surface area contributed by atoms with Crippen molar-refractivity contribution in [3.8, 4) is 11.1 Å². The van der Waals surface area contributed by atoms with Gasteiger partial charge in [0.2, 0.25) is 0 Å². The van der Waals surface area contributed by atoms with Crippen molar-refractivity contribution in [1.29, 1.82) is 0 Å². The molecule has 0 unspecified atom stereocenters. The van der Waals surface area contributed by atoms with Crippen LogP contribution >= 0.6 is 0 Å². The Morgan fingerprint density at radius 2 is 1.36 bits per heavy atom. The summed E-state index contributed by atoms with van der Waals surface area (Å²) in [4.78, 5) is 4.89. The van der Waals surface area contributed by atoms with Crippen LogP contribution in [0, 0.1) is 0 Å². The fourth-order valence-electron chi connectivity index (χ4n) is 5.21. The summed E-state index contributed by atoms with van der Waals surface area (Å²) < 4.78 is 48.7. The molecule has 232 valence electrons. The minimum Gasteiger partial charge on any atom is -0.386 e. The van der Waals surface area contributed by atoms with Crippen LogP contribution in [0.1, 0.15) is 55.5 Å². The highest BCUT2D eigenvalue weighted by Gasteiger charge is 2.33. The van der Waals surface area contributed by atoms with Gasteiger partial charge in [-0.05, 0) is 109 Å². The summed E-state index contributed by atoms with van der Waals surface area (Å²) in [5.74, 6) is 0. The maximum absolute atomic E-state index is 12.8. The summed E-state index contributed by atoms with van der Waals surface area (Å²) in [6.07, 6.45) is 6.21. The number of fused-ring (bicyclic) bond motifs is 1. The van der Waals surface area contributed by atoms with Crippen LogP contribution < -0.4 is 0 Å². The van der Waals surface area contributed by atoms with E-state index in [0.717, 1.165) is 49.9 Å². The lowest BCUT2D eigenvalue weighted by molar-refractivity contribution is 0.0786. The zero-order valence-corrected chi connectivity index (χ0v) is 27.9. The van der Waals surface area contributed by atoms with E-state index in [1.165, 1.54) is 12.5 Å². The molecule has 0 aliphatic rings. The molecule has 0 spiro atoms. The molecular weight excluding hydrogens is 603 g/mol. The summed E-state index contributed by atoms with van der Waals surface area (Å²) in [6.45, 7) is 6.90. The minimum absolute atomic E-state index is 0.237. The standard InChI is InChI=1S/C37H37NO5S2/c1-36(2,39)30-16-12-26(13-17-30)33(27-14-18-32(19-15-27)44(5,40)41)22-25-9-7-10-28(21-25)34-24-31(37(3,4)45(6,42)43)23-29-11-8-20-38-35(29)34/h7-24,39H,1-6H3. The average molecular weight is 640 g/mol. The van der Waals surface area contributed by atoms with Gasteiger partial charge >= 0.3 is 0 Å². The monoisotopic (exact) mass is 639 g/mol. The van der Waals surface area contributed by atoms with Crippen LogP contribution in [0.3, 0.4) is 0 Å². The van der Waals surface area contributed by atoms with E-state index in [4.69, 9.17) is 0 Å². The quantitative estimate of drug-likeness (QED) is 0.178. The van der Waals surface area contributed by atoms with Crippen molar-refractivity contribution >= 4 is 42.2 Å². The van der Waals surface area contributed by atoms with Crippen LogP contribution in [0.15, 0.2) is 108 Å². The maximum Gasteiger partial charge on any atom is 0.175 e. The highest BCUT2D eigenvalue weighted by atomic mass is 32.2. The van der Waals surface area contributed by atoms with Gasteiger partial charge in [-0.2, -0.15) is 0 Å². The summed E-state index contributed by atoms with van der Waals surface area (Å²) in [5, 5.41) is 11.3. The minimum atomic E-state index is -3.42. The molecule has 45 heavy (non-hydrogen) atoms. The van der Waals surface area contributed by atoms with Gasteiger partial charge in [-0.1, -0.05) is 60.7 Å². The molecule has 1 aromatic heterocycles. The molecule has 0 atom stereocenters. The molecule has 0 aliphatic carbocycles. The van der Waals surface area contributed by atoms with E-state index in [0.29, 0.717) is 5.56 Å². The molecular formula is C37H37NO5S2. The first kappa shape index (κ1) is 32.3. The number of sulfone groups is 2. The van der Waals surface area contributed by atoms with Crippen molar-refractivity contribution in [3.63, 3.8) is 0 Å². The number of rotatable bonds is 8. The predicted octanol–water partition coefficient (Wildman–Crippen LogP) is 7.40. The first-order valence-electron chi connectivity index (χ1n) is 14.5. The van der Waals surface area contributed by atoms with Crippen molar-refractivity contribution in [2.45, 2.75) is 42.9 Å². The second kappa shape index (κ2) is 11.7. The van der Waals surface area contributed by atoms with E-state index >= 15 is 0 Å². The SMILES string of the molecule is CC(C)(O)c1ccc(C(=Cc2cccc(-c3cc(C(C)(C)S(C)(=O)=O)cc4cccnc34)c2)c2ccc(S(C)(=O)=O)cc2)cc1. The number of benzene rings is 4. The van der Waals surface area contributed by atoms with Gasteiger partial charge in [-0.3, -0.25) is 4.98 Å². The van der Waals surface area contributed by atoms with Crippen LogP contribution in [0.2, 0.25) is 0 Å². The lowest BCUT2D eigenvalue weighted by atomic mass is 9.91. The van der Waals surface area contributed by atoms with Crippen LogP contribution in [0.4, 0.5) is 0 Å². The zero-order valence-electron chi connectivity index (χ0n) is 26.2. The number of nitrogens with zero attached hydrogens (tertiary/aromatic N) is 1. The van der Waals surface area contributed by atoms with Crippen molar-refractivity contribution in [1.82, 2.24) is 4.98 Å². The van der Waals surface area contributed by atoms with Crippen molar-refractivity contribution < 1.29 is 21.9 Å². The van der Waals surface area contributed by atoms with Gasteiger partial charge in [0.15, 0.2) is 19.7 Å². The van der Waals surface area contributed by atoms with Gasteiger partial charge in [-0.25, -0.2) is 16.8 Å². The Hall–Kier alpha value is -4.11. The first-order chi connectivity index (χ1) is 20.9. The molecule has 0 amide bonds. The third kappa shape index (κ3) is 6.78. The molecule has 0 saturated heterocycles. The van der Waals surface area contributed by atoms with E-state index < -0.39 is 30.0 Å². The molecule has 6 nitrogen and oxygen atoms in total. The molecule has 8 heteroatoms. The summed E-state index contributed by atoms with van der Waals surface area (Å²) in [6, 6.07) is 30.0. The lowest BCUT2D eigenvalue weighted by Gasteiger charge is -2.24. The van der Waals surface area contributed by atoms with Gasteiger partial charge in [0, 0.05) is 29.7 Å². The highest BCUT2D eigenvalue weighted by Crippen LogP contribution is 2.37. The van der Waals surface area contributed by atoms with Crippen LogP contribution in [-0.4, -0.2) is 39.4 Å². The second-order valence-corrected chi connectivity index (χ2v) is 17.1.